The first kappa shape index (κ1) is 19.6. The Morgan fingerprint density at radius 1 is 1.03 bits per heavy atom. The molecule has 4 rings (SSSR count). The Kier molecular flexibility index (Phi) is 5.92. The Bertz CT molecular complexity index is 978. The number of hydrogen-bond acceptors (Lipinski definition) is 5. The zero-order valence-electron chi connectivity index (χ0n) is 16.9. The molecule has 2 heterocycles. The second-order valence-corrected chi connectivity index (χ2v) is 8.33. The van der Waals surface area contributed by atoms with Crippen molar-refractivity contribution >= 4 is 28.1 Å². The Hall–Kier alpha value is -2.70. The van der Waals surface area contributed by atoms with Crippen LogP contribution in [0.1, 0.15) is 11.1 Å². The molecule has 3 aromatic rings. The molecule has 0 aliphatic carbocycles. The van der Waals surface area contributed by atoms with E-state index in [1.807, 2.05) is 36.4 Å². The Labute approximate surface area is 176 Å². The van der Waals surface area contributed by atoms with Crippen LogP contribution < -0.4 is 10.2 Å². The lowest BCUT2D eigenvalue weighted by molar-refractivity contribution is -0.117. The number of nitrogens with zero attached hydrogens (tertiary/aromatic N) is 3. The normalized spacial score (nSPS) is 14.8. The average Bonchev–Trinajstić information content (AvgIpc) is 3.22. The van der Waals surface area contributed by atoms with Crippen molar-refractivity contribution in [3.8, 4) is 11.3 Å². The molecule has 1 fully saturated rings. The van der Waals surface area contributed by atoms with Crippen molar-refractivity contribution in [2.45, 2.75) is 13.8 Å². The van der Waals surface area contributed by atoms with Crippen molar-refractivity contribution in [2.24, 2.45) is 0 Å². The first-order valence-corrected chi connectivity index (χ1v) is 10.8. The lowest BCUT2D eigenvalue weighted by Gasteiger charge is -2.34. The molecule has 1 aliphatic heterocycles. The van der Waals surface area contributed by atoms with Gasteiger partial charge in [-0.2, -0.15) is 0 Å². The highest BCUT2D eigenvalue weighted by Gasteiger charge is 2.21. The monoisotopic (exact) mass is 406 g/mol. The molecule has 1 saturated heterocycles. The first-order valence-electron chi connectivity index (χ1n) is 9.94. The largest absolute Gasteiger partial charge is 0.346 e. The van der Waals surface area contributed by atoms with Gasteiger partial charge in [0.05, 0.1) is 12.2 Å². The maximum atomic E-state index is 12.4. The molecular weight excluding hydrogens is 380 g/mol. The molecule has 2 aromatic carbocycles. The molecule has 1 aliphatic rings. The third-order valence-electron chi connectivity index (χ3n) is 5.36. The Morgan fingerprint density at radius 3 is 2.52 bits per heavy atom. The summed E-state index contributed by atoms with van der Waals surface area (Å²) in [6.45, 7) is 8.06. The second-order valence-electron chi connectivity index (χ2n) is 7.49. The summed E-state index contributed by atoms with van der Waals surface area (Å²) >= 11 is 1.69. The maximum Gasteiger partial charge on any atom is 0.238 e. The molecule has 0 saturated carbocycles. The number of aryl methyl sites for hydroxylation is 2. The van der Waals surface area contributed by atoms with Gasteiger partial charge in [-0.25, -0.2) is 4.98 Å². The second kappa shape index (κ2) is 8.76. The van der Waals surface area contributed by atoms with E-state index in [4.69, 9.17) is 4.98 Å². The zero-order valence-corrected chi connectivity index (χ0v) is 17.7. The van der Waals surface area contributed by atoms with E-state index in [-0.39, 0.29) is 5.91 Å². The van der Waals surface area contributed by atoms with Crippen molar-refractivity contribution in [1.82, 2.24) is 9.88 Å². The highest BCUT2D eigenvalue weighted by Crippen LogP contribution is 2.28. The molecule has 0 spiro atoms. The number of thiazole rings is 1. The summed E-state index contributed by atoms with van der Waals surface area (Å²) in [6.07, 6.45) is 0. The van der Waals surface area contributed by atoms with E-state index in [9.17, 15) is 4.79 Å². The van der Waals surface area contributed by atoms with Crippen molar-refractivity contribution in [3.05, 3.63) is 65.0 Å². The molecule has 0 radical (unpaired) electrons. The van der Waals surface area contributed by atoms with Gasteiger partial charge < -0.3 is 10.2 Å². The molecule has 1 aromatic heterocycles. The fourth-order valence-electron chi connectivity index (χ4n) is 3.47. The van der Waals surface area contributed by atoms with Crippen LogP contribution in [-0.2, 0) is 4.79 Å². The third-order valence-corrected chi connectivity index (χ3v) is 6.26. The molecule has 5 nitrogen and oxygen atoms in total. The van der Waals surface area contributed by atoms with Crippen LogP contribution in [0, 0.1) is 13.8 Å². The molecule has 0 bridgehead atoms. The van der Waals surface area contributed by atoms with Crippen molar-refractivity contribution in [2.75, 3.05) is 42.9 Å². The molecule has 150 valence electrons. The van der Waals surface area contributed by atoms with Crippen LogP contribution in [0.25, 0.3) is 11.3 Å². The molecule has 29 heavy (non-hydrogen) atoms. The predicted octanol–water partition coefficient (Wildman–Crippen LogP) is 4.19. The third kappa shape index (κ3) is 4.83. The quantitative estimate of drug-likeness (QED) is 0.690. The minimum Gasteiger partial charge on any atom is -0.346 e. The van der Waals surface area contributed by atoms with Crippen LogP contribution in [0.2, 0.25) is 0 Å². The van der Waals surface area contributed by atoms with Crippen molar-refractivity contribution in [3.63, 3.8) is 0 Å². The number of carbonyl (C=O) groups is 1. The number of rotatable bonds is 5. The zero-order chi connectivity index (χ0) is 20.2. The highest BCUT2D eigenvalue weighted by molar-refractivity contribution is 7.14. The van der Waals surface area contributed by atoms with Gasteiger partial charge in [0.25, 0.3) is 0 Å². The number of piperazine rings is 1. The van der Waals surface area contributed by atoms with E-state index in [2.05, 4.69) is 46.5 Å². The fourth-order valence-corrected chi connectivity index (χ4v) is 4.36. The molecule has 6 heteroatoms. The minimum absolute atomic E-state index is 0.0438. The average molecular weight is 407 g/mol. The highest BCUT2D eigenvalue weighted by atomic mass is 32.1. The summed E-state index contributed by atoms with van der Waals surface area (Å²) in [4.78, 5) is 21.7. The molecule has 0 unspecified atom stereocenters. The number of carbonyl (C=O) groups excluding carboxylic acids is 1. The molecule has 1 N–H and O–H groups in total. The van der Waals surface area contributed by atoms with Gasteiger partial charge in [0.2, 0.25) is 5.91 Å². The van der Waals surface area contributed by atoms with Crippen LogP contribution in [0.3, 0.4) is 0 Å². The van der Waals surface area contributed by atoms with E-state index in [1.165, 1.54) is 11.1 Å². The lowest BCUT2D eigenvalue weighted by atomic mass is 10.1. The van der Waals surface area contributed by atoms with Gasteiger partial charge in [-0.15, -0.1) is 11.3 Å². The van der Waals surface area contributed by atoms with Gasteiger partial charge in [-0.1, -0.05) is 36.4 Å². The van der Waals surface area contributed by atoms with Crippen molar-refractivity contribution in [1.29, 1.82) is 0 Å². The summed E-state index contributed by atoms with van der Waals surface area (Å²) in [6, 6.07) is 16.3. The van der Waals surface area contributed by atoms with Crippen LogP contribution in [0.15, 0.2) is 53.9 Å². The Morgan fingerprint density at radius 2 is 1.79 bits per heavy atom. The summed E-state index contributed by atoms with van der Waals surface area (Å²) in [5.41, 5.74) is 5.47. The Balaban J connectivity index is 1.29. The summed E-state index contributed by atoms with van der Waals surface area (Å²) < 4.78 is 0. The van der Waals surface area contributed by atoms with Crippen LogP contribution in [0.5, 0.6) is 0 Å². The SMILES string of the molecule is Cc1ccc(NC(=O)CN2CCN(c3nc(-c4ccccc4)cs3)CC2)cc1C. The lowest BCUT2D eigenvalue weighted by Crippen LogP contribution is -2.48. The standard InChI is InChI=1S/C23H26N4OS/c1-17-8-9-20(14-18(17)2)24-22(28)15-26-10-12-27(13-11-26)23-25-21(16-29-23)19-6-4-3-5-7-19/h3-9,14,16H,10-13,15H2,1-2H3,(H,24,28). The summed E-state index contributed by atoms with van der Waals surface area (Å²) in [5, 5.41) is 6.19. The first-order chi connectivity index (χ1) is 14.1. The number of aromatic nitrogens is 1. The van der Waals surface area contributed by atoms with E-state index in [0.717, 1.165) is 48.3 Å². The predicted molar refractivity (Wildman–Crippen MR) is 121 cm³/mol. The van der Waals surface area contributed by atoms with E-state index in [0.29, 0.717) is 6.54 Å². The number of nitrogens with one attached hydrogen (secondary N) is 1. The van der Waals surface area contributed by atoms with Crippen molar-refractivity contribution < 1.29 is 4.79 Å². The van der Waals surface area contributed by atoms with Crippen LogP contribution in [-0.4, -0.2) is 48.5 Å². The van der Waals surface area contributed by atoms with Gasteiger partial charge in [-0.3, -0.25) is 9.69 Å². The minimum atomic E-state index is 0.0438. The molecular formula is C23H26N4OS. The van der Waals surface area contributed by atoms with Gasteiger partial charge in [0, 0.05) is 42.8 Å². The van der Waals surface area contributed by atoms with E-state index >= 15 is 0 Å². The number of anilines is 2. The number of amides is 1. The van der Waals surface area contributed by atoms with Crippen LogP contribution >= 0.6 is 11.3 Å². The van der Waals surface area contributed by atoms with Gasteiger partial charge in [-0.05, 0) is 37.1 Å². The fraction of sp³-hybridized carbons (Fsp3) is 0.304. The van der Waals surface area contributed by atoms with Gasteiger partial charge in [0.1, 0.15) is 0 Å². The number of hydrogen-bond donors (Lipinski definition) is 1. The van der Waals surface area contributed by atoms with Crippen LogP contribution in [0.4, 0.5) is 10.8 Å². The summed E-state index contributed by atoms with van der Waals surface area (Å²) in [7, 11) is 0. The molecule has 1 amide bonds. The number of benzene rings is 2. The topological polar surface area (TPSA) is 48.5 Å². The van der Waals surface area contributed by atoms with E-state index < -0.39 is 0 Å². The van der Waals surface area contributed by atoms with Gasteiger partial charge in [0.15, 0.2) is 5.13 Å². The molecule has 0 atom stereocenters. The maximum absolute atomic E-state index is 12.4. The van der Waals surface area contributed by atoms with E-state index in [1.54, 1.807) is 11.3 Å². The van der Waals surface area contributed by atoms with Gasteiger partial charge >= 0.3 is 0 Å². The smallest absolute Gasteiger partial charge is 0.238 e. The summed E-state index contributed by atoms with van der Waals surface area (Å²) in [5.74, 6) is 0.0438.